The average molecular weight is 337 g/mol. The number of halogens is 2. The first kappa shape index (κ1) is 17.0. The Hall–Kier alpha value is -1.39. The van der Waals surface area contributed by atoms with Crippen molar-refractivity contribution in [3.05, 3.63) is 70.0 Å². The first-order valence-electron chi connectivity index (χ1n) is 7.03. The molecule has 5 heteroatoms. The van der Waals surface area contributed by atoms with Crippen molar-refractivity contribution >= 4 is 29.3 Å². The first-order chi connectivity index (χ1) is 10.7. The minimum absolute atomic E-state index is 0.0828. The zero-order valence-corrected chi connectivity index (χ0v) is 13.6. The molecule has 0 fully saturated rings. The van der Waals surface area contributed by atoms with Gasteiger partial charge in [-0.3, -0.25) is 9.88 Å². The van der Waals surface area contributed by atoms with Crippen LogP contribution in [0.15, 0.2) is 48.8 Å². The number of aliphatic hydroxyl groups excluding tert-OH is 1. The lowest BCUT2D eigenvalue weighted by molar-refractivity contribution is 0.203. The van der Waals surface area contributed by atoms with E-state index in [9.17, 15) is 5.11 Å². The molecular formula is C17H18Cl2N2O. The Bertz CT molecular complexity index is 597. The van der Waals surface area contributed by atoms with Crippen molar-refractivity contribution in [3.8, 4) is 0 Å². The van der Waals surface area contributed by atoms with Gasteiger partial charge in [0.05, 0.1) is 16.7 Å². The molecule has 0 aliphatic carbocycles. The van der Waals surface area contributed by atoms with Crippen molar-refractivity contribution in [1.29, 1.82) is 0 Å². The molecule has 116 valence electrons. The summed E-state index contributed by atoms with van der Waals surface area (Å²) in [5.74, 6) is 0. The van der Waals surface area contributed by atoms with E-state index in [-0.39, 0.29) is 6.61 Å². The van der Waals surface area contributed by atoms with Crippen LogP contribution < -0.4 is 0 Å². The Morgan fingerprint density at radius 1 is 1.09 bits per heavy atom. The van der Waals surface area contributed by atoms with Crippen LogP contribution in [0.1, 0.15) is 11.1 Å². The van der Waals surface area contributed by atoms with Gasteiger partial charge in [-0.1, -0.05) is 65.7 Å². The fraction of sp³-hybridized carbons (Fsp3) is 0.235. The van der Waals surface area contributed by atoms with E-state index in [0.717, 1.165) is 11.1 Å². The molecule has 1 aromatic carbocycles. The van der Waals surface area contributed by atoms with Gasteiger partial charge in [-0.2, -0.15) is 0 Å². The Kier molecular flexibility index (Phi) is 6.87. The van der Waals surface area contributed by atoms with Crippen LogP contribution in [0.25, 0.3) is 6.08 Å². The summed E-state index contributed by atoms with van der Waals surface area (Å²) in [5, 5.41) is 10.3. The van der Waals surface area contributed by atoms with Gasteiger partial charge in [0.2, 0.25) is 0 Å². The highest BCUT2D eigenvalue weighted by molar-refractivity contribution is 6.35. The number of aromatic nitrogens is 1. The maximum absolute atomic E-state index is 9.23. The standard InChI is InChI=1S/C17H18Cl2N2O/c18-16-11-20-12-17(19)15(16)13-21(9-10-22)8-4-7-14-5-2-1-3-6-14/h1-7,11-12,22H,8-10,13H2. The van der Waals surface area contributed by atoms with Gasteiger partial charge in [-0.05, 0) is 5.56 Å². The van der Waals surface area contributed by atoms with Gasteiger partial charge >= 0.3 is 0 Å². The minimum atomic E-state index is 0.0828. The first-order valence-corrected chi connectivity index (χ1v) is 7.79. The number of hydrogen-bond donors (Lipinski definition) is 1. The van der Waals surface area contributed by atoms with Gasteiger partial charge in [0.15, 0.2) is 0 Å². The van der Waals surface area contributed by atoms with Crippen LogP contribution in [-0.2, 0) is 6.54 Å². The number of pyridine rings is 1. The molecule has 0 unspecified atom stereocenters. The topological polar surface area (TPSA) is 36.4 Å². The molecule has 0 amide bonds. The third kappa shape index (κ3) is 5.11. The number of nitrogens with zero attached hydrogens (tertiary/aromatic N) is 2. The second-order valence-electron chi connectivity index (χ2n) is 4.85. The highest BCUT2D eigenvalue weighted by atomic mass is 35.5. The zero-order valence-electron chi connectivity index (χ0n) is 12.1. The Morgan fingerprint density at radius 2 is 1.77 bits per heavy atom. The van der Waals surface area contributed by atoms with Crippen LogP contribution in [0.4, 0.5) is 0 Å². The van der Waals surface area contributed by atoms with Crippen LogP contribution >= 0.6 is 23.2 Å². The van der Waals surface area contributed by atoms with Crippen molar-refractivity contribution in [2.45, 2.75) is 6.54 Å². The van der Waals surface area contributed by atoms with Crippen molar-refractivity contribution in [3.63, 3.8) is 0 Å². The molecule has 0 bridgehead atoms. The van der Waals surface area contributed by atoms with Crippen LogP contribution in [-0.4, -0.2) is 34.7 Å². The van der Waals surface area contributed by atoms with E-state index in [0.29, 0.717) is 29.7 Å². The van der Waals surface area contributed by atoms with Gasteiger partial charge in [0.25, 0.3) is 0 Å². The van der Waals surface area contributed by atoms with E-state index in [1.165, 1.54) is 0 Å². The largest absolute Gasteiger partial charge is 0.395 e. The van der Waals surface area contributed by atoms with Gasteiger partial charge < -0.3 is 5.11 Å². The molecule has 0 radical (unpaired) electrons. The Labute approximate surface area is 140 Å². The Morgan fingerprint density at radius 3 is 2.41 bits per heavy atom. The van der Waals surface area contributed by atoms with Crippen LogP contribution in [0.5, 0.6) is 0 Å². The van der Waals surface area contributed by atoms with E-state index in [4.69, 9.17) is 23.2 Å². The third-order valence-electron chi connectivity index (χ3n) is 3.22. The molecule has 0 saturated carbocycles. The monoisotopic (exact) mass is 336 g/mol. The molecule has 2 aromatic rings. The maximum Gasteiger partial charge on any atom is 0.0649 e. The molecule has 0 aliphatic heterocycles. The minimum Gasteiger partial charge on any atom is -0.395 e. The molecule has 0 aliphatic rings. The quantitative estimate of drug-likeness (QED) is 0.833. The second-order valence-corrected chi connectivity index (χ2v) is 5.67. The number of hydrogen-bond acceptors (Lipinski definition) is 3. The zero-order chi connectivity index (χ0) is 15.8. The van der Waals surface area contributed by atoms with Crippen molar-refractivity contribution in [1.82, 2.24) is 9.88 Å². The van der Waals surface area contributed by atoms with Crippen LogP contribution in [0, 0.1) is 0 Å². The lowest BCUT2D eigenvalue weighted by atomic mass is 10.2. The molecule has 3 nitrogen and oxygen atoms in total. The second kappa shape index (κ2) is 8.91. The highest BCUT2D eigenvalue weighted by Gasteiger charge is 2.11. The normalized spacial score (nSPS) is 11.5. The van der Waals surface area contributed by atoms with Crippen molar-refractivity contribution in [2.75, 3.05) is 19.7 Å². The number of aliphatic hydroxyl groups is 1. The molecule has 1 N–H and O–H groups in total. The van der Waals surface area contributed by atoms with Crippen LogP contribution in [0.2, 0.25) is 10.0 Å². The molecular weight excluding hydrogens is 319 g/mol. The van der Waals surface area contributed by atoms with Gasteiger partial charge in [-0.15, -0.1) is 0 Å². The van der Waals surface area contributed by atoms with E-state index in [2.05, 4.69) is 22.0 Å². The maximum atomic E-state index is 9.23. The average Bonchev–Trinajstić information content (AvgIpc) is 2.52. The van der Waals surface area contributed by atoms with Gasteiger partial charge in [0.1, 0.15) is 0 Å². The van der Waals surface area contributed by atoms with Crippen molar-refractivity contribution < 1.29 is 5.11 Å². The van der Waals surface area contributed by atoms with Gasteiger partial charge in [0, 0.05) is 37.6 Å². The van der Waals surface area contributed by atoms with E-state index in [1.54, 1.807) is 12.4 Å². The fourth-order valence-corrected chi connectivity index (χ4v) is 2.58. The summed E-state index contributed by atoms with van der Waals surface area (Å²) in [5.41, 5.74) is 1.98. The predicted octanol–water partition coefficient (Wildman–Crippen LogP) is 3.90. The summed E-state index contributed by atoms with van der Waals surface area (Å²) in [7, 11) is 0. The van der Waals surface area contributed by atoms with Crippen molar-refractivity contribution in [2.24, 2.45) is 0 Å². The predicted molar refractivity (Wildman–Crippen MR) is 92.1 cm³/mol. The highest BCUT2D eigenvalue weighted by Crippen LogP contribution is 2.24. The molecule has 0 atom stereocenters. The lowest BCUT2D eigenvalue weighted by Crippen LogP contribution is -2.27. The fourth-order valence-electron chi connectivity index (χ4n) is 2.09. The molecule has 1 aromatic heterocycles. The summed E-state index contributed by atoms with van der Waals surface area (Å²) in [6.07, 6.45) is 7.29. The van der Waals surface area contributed by atoms with Gasteiger partial charge in [-0.25, -0.2) is 0 Å². The Balaban J connectivity index is 2.02. The van der Waals surface area contributed by atoms with E-state index < -0.39 is 0 Å². The summed E-state index contributed by atoms with van der Waals surface area (Å²) in [4.78, 5) is 6.03. The molecule has 2 rings (SSSR count). The lowest BCUT2D eigenvalue weighted by Gasteiger charge is -2.20. The third-order valence-corrected chi connectivity index (χ3v) is 3.88. The summed E-state index contributed by atoms with van der Waals surface area (Å²) < 4.78 is 0. The van der Waals surface area contributed by atoms with E-state index in [1.807, 2.05) is 30.3 Å². The molecule has 22 heavy (non-hydrogen) atoms. The summed E-state index contributed by atoms with van der Waals surface area (Å²) >= 11 is 12.3. The van der Waals surface area contributed by atoms with Crippen LogP contribution in [0.3, 0.4) is 0 Å². The SMILES string of the molecule is OCCN(CC=Cc1ccccc1)Cc1c(Cl)cncc1Cl. The molecule has 0 spiro atoms. The molecule has 1 heterocycles. The van der Waals surface area contributed by atoms with E-state index >= 15 is 0 Å². The summed E-state index contributed by atoms with van der Waals surface area (Å²) in [6, 6.07) is 10.1. The summed E-state index contributed by atoms with van der Waals surface area (Å²) in [6.45, 7) is 1.90. The number of rotatable bonds is 7. The smallest absolute Gasteiger partial charge is 0.0649 e. The molecule has 0 saturated heterocycles. The number of benzene rings is 1.